The van der Waals surface area contributed by atoms with Crippen molar-refractivity contribution < 1.29 is 27.4 Å². The number of ether oxygens (including phenoxy) is 1. The van der Waals surface area contributed by atoms with Crippen LogP contribution in [0.15, 0.2) is 58.1 Å². The maximum Gasteiger partial charge on any atom is 0.426 e. The van der Waals surface area contributed by atoms with Crippen molar-refractivity contribution in [3.05, 3.63) is 54.1 Å². The molecule has 0 radical (unpaired) electrons. The minimum absolute atomic E-state index is 0.0142. The molecule has 12 heteroatoms. The molecule has 0 aliphatic heterocycles. The highest BCUT2D eigenvalue weighted by Gasteiger charge is 2.29. The third-order valence-corrected chi connectivity index (χ3v) is 5.86. The number of aromatic nitrogens is 2. The van der Waals surface area contributed by atoms with Gasteiger partial charge in [-0.1, -0.05) is 50.2 Å². The molecule has 0 saturated carbocycles. The van der Waals surface area contributed by atoms with Crippen molar-refractivity contribution in [1.29, 1.82) is 0 Å². The van der Waals surface area contributed by atoms with E-state index in [2.05, 4.69) is 30.5 Å². The Kier molecular flexibility index (Phi) is 7.38. The highest BCUT2D eigenvalue weighted by atomic mass is 32.2. The third kappa shape index (κ3) is 6.02. The lowest BCUT2D eigenvalue weighted by atomic mass is 10.0. The van der Waals surface area contributed by atoms with Crippen LogP contribution in [-0.2, 0) is 26.2 Å². The number of hydrazine groups is 1. The first kappa shape index (κ1) is 23.2. The maximum absolute atomic E-state index is 12.9. The monoisotopic (exact) mass is 461 g/mol. The van der Waals surface area contributed by atoms with Crippen LogP contribution in [0.3, 0.4) is 0 Å². The molecule has 2 aromatic carbocycles. The quantitative estimate of drug-likeness (QED) is 0.430. The first-order valence-electron chi connectivity index (χ1n) is 9.76. The summed E-state index contributed by atoms with van der Waals surface area (Å²) in [6, 6.07) is 12.2. The standard InChI is InChI=1S/C20H23N5O6S/c1-13(2)11-16(19(26)21-22-20(27)30-12-14-7-4-3-5-8-14)25-32(28,29)17-10-6-9-15-18(17)24-31-23-15/h3-10,13,16,25H,11-12H2,1-2H3,(H,21,26)(H,22,27). The summed E-state index contributed by atoms with van der Waals surface area (Å²) >= 11 is 0. The molecule has 1 unspecified atom stereocenters. The fourth-order valence-electron chi connectivity index (χ4n) is 2.89. The maximum atomic E-state index is 12.9. The number of carbonyl (C=O) groups excluding carboxylic acids is 2. The molecule has 3 rings (SSSR count). The van der Waals surface area contributed by atoms with Gasteiger partial charge in [-0.2, -0.15) is 4.72 Å². The van der Waals surface area contributed by atoms with Gasteiger partial charge in [0.1, 0.15) is 23.1 Å². The normalized spacial score (nSPS) is 12.5. The number of sulfonamides is 1. The molecule has 2 amide bonds. The summed E-state index contributed by atoms with van der Waals surface area (Å²) in [5.41, 5.74) is 5.40. The molecule has 0 aliphatic carbocycles. The average molecular weight is 462 g/mol. The fourth-order valence-corrected chi connectivity index (χ4v) is 4.25. The first-order chi connectivity index (χ1) is 15.3. The smallest absolute Gasteiger partial charge is 0.426 e. The van der Waals surface area contributed by atoms with E-state index in [1.165, 1.54) is 12.1 Å². The molecule has 11 nitrogen and oxygen atoms in total. The lowest BCUT2D eigenvalue weighted by molar-refractivity contribution is -0.124. The zero-order valence-corrected chi connectivity index (χ0v) is 18.3. The number of hydrogen-bond donors (Lipinski definition) is 3. The molecule has 0 saturated heterocycles. The van der Waals surface area contributed by atoms with E-state index in [-0.39, 0.29) is 34.9 Å². The Hall–Kier alpha value is -3.51. The van der Waals surface area contributed by atoms with Crippen molar-refractivity contribution >= 4 is 33.1 Å². The highest BCUT2D eigenvalue weighted by Crippen LogP contribution is 2.20. The summed E-state index contributed by atoms with van der Waals surface area (Å²) in [6.07, 6.45) is -0.703. The second-order valence-corrected chi connectivity index (χ2v) is 9.05. The highest BCUT2D eigenvalue weighted by molar-refractivity contribution is 7.89. The molecule has 0 fully saturated rings. The van der Waals surface area contributed by atoms with Gasteiger partial charge in [-0.15, -0.1) is 0 Å². The largest absolute Gasteiger partial charge is 0.443 e. The summed E-state index contributed by atoms with van der Waals surface area (Å²) in [5, 5.41) is 7.25. The number of benzene rings is 2. The summed E-state index contributed by atoms with van der Waals surface area (Å²) in [5.74, 6) is -0.771. The van der Waals surface area contributed by atoms with E-state index >= 15 is 0 Å². The molecular weight excluding hydrogens is 438 g/mol. The topological polar surface area (TPSA) is 153 Å². The summed E-state index contributed by atoms with van der Waals surface area (Å²) in [6.45, 7) is 3.68. The van der Waals surface area contributed by atoms with Gasteiger partial charge in [0, 0.05) is 0 Å². The Morgan fingerprint density at radius 1 is 1.03 bits per heavy atom. The number of fused-ring (bicyclic) bond motifs is 1. The number of amides is 2. The first-order valence-corrected chi connectivity index (χ1v) is 11.2. The van der Waals surface area contributed by atoms with E-state index < -0.39 is 28.1 Å². The van der Waals surface area contributed by atoms with Crippen LogP contribution in [0.2, 0.25) is 0 Å². The number of nitrogens with zero attached hydrogens (tertiary/aromatic N) is 2. The fraction of sp³-hybridized carbons (Fsp3) is 0.300. The lowest BCUT2D eigenvalue weighted by Crippen LogP contribution is -2.52. The van der Waals surface area contributed by atoms with Crippen LogP contribution in [0.5, 0.6) is 0 Å². The Balaban J connectivity index is 1.64. The van der Waals surface area contributed by atoms with Crippen molar-refractivity contribution in [2.45, 2.75) is 37.8 Å². The van der Waals surface area contributed by atoms with Gasteiger partial charge in [0.2, 0.25) is 10.0 Å². The van der Waals surface area contributed by atoms with Crippen LogP contribution >= 0.6 is 0 Å². The van der Waals surface area contributed by atoms with Gasteiger partial charge < -0.3 is 4.74 Å². The van der Waals surface area contributed by atoms with Gasteiger partial charge in [0.25, 0.3) is 5.91 Å². The molecule has 32 heavy (non-hydrogen) atoms. The van der Waals surface area contributed by atoms with Crippen LogP contribution in [0, 0.1) is 5.92 Å². The van der Waals surface area contributed by atoms with Gasteiger partial charge in [-0.25, -0.2) is 23.3 Å². The van der Waals surface area contributed by atoms with Crippen LogP contribution in [-0.4, -0.2) is 36.8 Å². The van der Waals surface area contributed by atoms with Gasteiger partial charge in [0.15, 0.2) is 5.52 Å². The van der Waals surface area contributed by atoms with Crippen LogP contribution in [0.1, 0.15) is 25.8 Å². The molecule has 170 valence electrons. The Bertz CT molecular complexity index is 1180. The zero-order valence-electron chi connectivity index (χ0n) is 17.4. The van der Waals surface area contributed by atoms with Crippen LogP contribution in [0.4, 0.5) is 4.79 Å². The van der Waals surface area contributed by atoms with Crippen LogP contribution < -0.4 is 15.6 Å². The van der Waals surface area contributed by atoms with Crippen molar-refractivity contribution in [3.63, 3.8) is 0 Å². The van der Waals surface area contributed by atoms with E-state index in [1.54, 1.807) is 30.3 Å². The van der Waals surface area contributed by atoms with E-state index in [0.29, 0.717) is 0 Å². The molecule has 3 N–H and O–H groups in total. The Morgan fingerprint density at radius 3 is 2.50 bits per heavy atom. The number of nitrogens with one attached hydrogen (secondary N) is 3. The van der Waals surface area contributed by atoms with E-state index in [9.17, 15) is 18.0 Å². The second kappa shape index (κ2) is 10.2. The zero-order chi connectivity index (χ0) is 23.1. The molecule has 1 aromatic heterocycles. The predicted molar refractivity (Wildman–Crippen MR) is 113 cm³/mol. The third-order valence-electron chi connectivity index (χ3n) is 4.36. The molecule has 1 heterocycles. The molecule has 1 atom stereocenters. The van der Waals surface area contributed by atoms with Crippen molar-refractivity contribution in [1.82, 2.24) is 25.9 Å². The van der Waals surface area contributed by atoms with Crippen molar-refractivity contribution in [2.24, 2.45) is 5.92 Å². The Morgan fingerprint density at radius 2 is 1.78 bits per heavy atom. The van der Waals surface area contributed by atoms with E-state index in [4.69, 9.17) is 4.74 Å². The summed E-state index contributed by atoms with van der Waals surface area (Å²) < 4.78 is 37.8. The number of hydrogen-bond acceptors (Lipinski definition) is 8. The molecular formula is C20H23N5O6S. The molecule has 0 spiro atoms. The minimum atomic E-state index is -4.15. The molecule has 0 bridgehead atoms. The molecule has 0 aliphatic rings. The van der Waals surface area contributed by atoms with Gasteiger partial charge in [-0.3, -0.25) is 10.2 Å². The lowest BCUT2D eigenvalue weighted by Gasteiger charge is -2.20. The molecule has 3 aromatic rings. The average Bonchev–Trinajstić information content (AvgIpc) is 3.24. The summed E-state index contributed by atoms with van der Waals surface area (Å²) in [4.78, 5) is 24.3. The number of carbonyl (C=O) groups is 2. The summed E-state index contributed by atoms with van der Waals surface area (Å²) in [7, 11) is -4.15. The van der Waals surface area contributed by atoms with E-state index in [0.717, 1.165) is 5.56 Å². The SMILES string of the molecule is CC(C)CC(NS(=O)(=O)c1cccc2nonc12)C(=O)NNC(=O)OCc1ccccc1. The van der Waals surface area contributed by atoms with Crippen molar-refractivity contribution in [3.8, 4) is 0 Å². The Labute approximate surface area is 184 Å². The number of rotatable bonds is 8. The minimum Gasteiger partial charge on any atom is -0.443 e. The predicted octanol–water partition coefficient (Wildman–Crippen LogP) is 1.87. The second-order valence-electron chi connectivity index (χ2n) is 7.37. The van der Waals surface area contributed by atoms with Gasteiger partial charge >= 0.3 is 6.09 Å². The van der Waals surface area contributed by atoms with Crippen LogP contribution in [0.25, 0.3) is 11.0 Å². The van der Waals surface area contributed by atoms with Gasteiger partial charge in [0.05, 0.1) is 0 Å². The van der Waals surface area contributed by atoms with Crippen molar-refractivity contribution in [2.75, 3.05) is 0 Å². The van der Waals surface area contributed by atoms with E-state index in [1.807, 2.05) is 19.9 Å². The van der Waals surface area contributed by atoms with Gasteiger partial charge in [-0.05, 0) is 40.3 Å².